The second-order valence-corrected chi connectivity index (χ2v) is 4.73. The van der Waals surface area contributed by atoms with E-state index in [4.69, 9.17) is 18.9 Å². The Balaban J connectivity index is 3.34. The van der Waals surface area contributed by atoms with E-state index < -0.39 is 5.97 Å². The molecule has 0 unspecified atom stereocenters. The van der Waals surface area contributed by atoms with Crippen LogP contribution in [0.5, 0.6) is 17.2 Å². The van der Waals surface area contributed by atoms with Gasteiger partial charge in [0.05, 0.1) is 27.9 Å². The first-order valence-electron chi connectivity index (χ1n) is 7.13. The zero-order chi connectivity index (χ0) is 17.4. The van der Waals surface area contributed by atoms with Crippen molar-refractivity contribution in [3.05, 3.63) is 23.3 Å². The van der Waals surface area contributed by atoms with Crippen LogP contribution in [0.25, 0.3) is 6.08 Å². The Labute approximate surface area is 136 Å². The highest BCUT2D eigenvalue weighted by molar-refractivity contribution is 5.99. The number of hydrogen-bond donors (Lipinski definition) is 0. The molecular weight excluding hydrogens is 300 g/mol. The van der Waals surface area contributed by atoms with Gasteiger partial charge in [0.1, 0.15) is 5.78 Å². The first-order valence-corrected chi connectivity index (χ1v) is 7.13. The molecule has 0 saturated heterocycles. The third-order valence-electron chi connectivity index (χ3n) is 3.00. The molecule has 0 N–H and O–H groups in total. The summed E-state index contributed by atoms with van der Waals surface area (Å²) in [4.78, 5) is 23.4. The van der Waals surface area contributed by atoms with Crippen molar-refractivity contribution in [2.75, 3.05) is 27.9 Å². The first-order chi connectivity index (χ1) is 11.0. The molecule has 23 heavy (non-hydrogen) atoms. The van der Waals surface area contributed by atoms with Gasteiger partial charge in [-0.25, -0.2) is 4.79 Å². The lowest BCUT2D eigenvalue weighted by Gasteiger charge is -2.13. The maximum absolute atomic E-state index is 12.0. The van der Waals surface area contributed by atoms with Gasteiger partial charge < -0.3 is 18.9 Å². The highest BCUT2D eigenvalue weighted by Gasteiger charge is 2.16. The van der Waals surface area contributed by atoms with E-state index in [9.17, 15) is 9.59 Å². The number of carbonyl (C=O) groups is 2. The van der Waals surface area contributed by atoms with E-state index in [2.05, 4.69) is 0 Å². The topological polar surface area (TPSA) is 71.1 Å². The Morgan fingerprint density at radius 2 is 1.61 bits per heavy atom. The molecule has 0 fully saturated rings. The van der Waals surface area contributed by atoms with E-state index in [0.717, 1.165) is 0 Å². The van der Waals surface area contributed by atoms with Crippen LogP contribution in [0.15, 0.2) is 17.7 Å². The number of carbonyl (C=O) groups excluding carboxylic acids is 2. The molecule has 0 bridgehead atoms. The normalized spacial score (nSPS) is 10.9. The van der Waals surface area contributed by atoms with E-state index in [0.29, 0.717) is 22.8 Å². The van der Waals surface area contributed by atoms with Crippen molar-refractivity contribution < 1.29 is 28.5 Å². The molecule has 0 aromatic heterocycles. The van der Waals surface area contributed by atoms with E-state index in [1.165, 1.54) is 28.3 Å². The van der Waals surface area contributed by atoms with Gasteiger partial charge in [0.25, 0.3) is 0 Å². The number of ether oxygens (including phenoxy) is 4. The van der Waals surface area contributed by atoms with Crippen LogP contribution in [-0.2, 0) is 14.3 Å². The van der Waals surface area contributed by atoms with Crippen molar-refractivity contribution in [3.63, 3.8) is 0 Å². The highest BCUT2D eigenvalue weighted by atomic mass is 16.5. The zero-order valence-corrected chi connectivity index (χ0v) is 14.1. The highest BCUT2D eigenvalue weighted by Crippen LogP contribution is 2.38. The van der Waals surface area contributed by atoms with Crippen molar-refractivity contribution in [1.82, 2.24) is 0 Å². The summed E-state index contributed by atoms with van der Waals surface area (Å²) in [5.41, 5.74) is 0.914. The fraction of sp³-hybridized carbons (Fsp3) is 0.412. The number of methoxy groups -OCH3 is 3. The number of benzene rings is 1. The molecule has 0 spiro atoms. The van der Waals surface area contributed by atoms with Crippen LogP contribution in [-0.4, -0.2) is 39.7 Å². The molecule has 0 radical (unpaired) electrons. The standard InChI is InChI=1S/C17H22O6/c1-6-23-17(19)13(7-11(2)18)8-12-9-14(20-3)16(22-5)15(10-12)21-4/h8-10H,6-7H2,1-5H3/b13-8+. The Kier molecular flexibility index (Phi) is 7.12. The summed E-state index contributed by atoms with van der Waals surface area (Å²) in [6.07, 6.45) is 1.58. The van der Waals surface area contributed by atoms with Crippen LogP contribution in [0.3, 0.4) is 0 Å². The summed E-state index contributed by atoms with van der Waals surface area (Å²) in [6.45, 7) is 3.37. The number of Topliss-reactive ketones (excluding diaryl/α,β-unsaturated/α-hetero) is 1. The molecule has 1 aromatic rings. The monoisotopic (exact) mass is 322 g/mol. The summed E-state index contributed by atoms with van der Waals surface area (Å²) in [6, 6.07) is 3.39. The first kappa shape index (κ1) is 18.5. The van der Waals surface area contributed by atoms with E-state index in [1.807, 2.05) is 0 Å². The molecule has 0 aliphatic carbocycles. The van der Waals surface area contributed by atoms with Crippen molar-refractivity contribution in [1.29, 1.82) is 0 Å². The van der Waals surface area contributed by atoms with Gasteiger partial charge in [-0.2, -0.15) is 0 Å². The minimum atomic E-state index is -0.517. The van der Waals surface area contributed by atoms with Gasteiger partial charge >= 0.3 is 5.97 Å². The molecule has 0 aliphatic rings. The van der Waals surface area contributed by atoms with Gasteiger partial charge in [-0.05, 0) is 37.6 Å². The van der Waals surface area contributed by atoms with Gasteiger partial charge in [-0.1, -0.05) is 0 Å². The molecule has 1 rings (SSSR count). The lowest BCUT2D eigenvalue weighted by atomic mass is 10.1. The van der Waals surface area contributed by atoms with E-state index in [1.54, 1.807) is 25.1 Å². The molecule has 1 aromatic carbocycles. The van der Waals surface area contributed by atoms with Crippen molar-refractivity contribution in [2.45, 2.75) is 20.3 Å². The third-order valence-corrected chi connectivity index (χ3v) is 3.00. The van der Waals surface area contributed by atoms with Gasteiger partial charge in [-0.3, -0.25) is 4.79 Å². The quantitative estimate of drug-likeness (QED) is 0.541. The average molecular weight is 322 g/mol. The number of ketones is 1. The van der Waals surface area contributed by atoms with Gasteiger partial charge in [0, 0.05) is 12.0 Å². The SMILES string of the molecule is CCOC(=O)/C(=C/c1cc(OC)c(OC)c(OC)c1)CC(C)=O. The van der Waals surface area contributed by atoms with Crippen LogP contribution in [0, 0.1) is 0 Å². The van der Waals surface area contributed by atoms with Crippen molar-refractivity contribution >= 4 is 17.8 Å². The second kappa shape index (κ2) is 8.82. The Morgan fingerprint density at radius 1 is 1.04 bits per heavy atom. The van der Waals surface area contributed by atoms with Crippen LogP contribution in [0.1, 0.15) is 25.8 Å². The fourth-order valence-electron chi connectivity index (χ4n) is 2.06. The molecule has 6 heteroatoms. The zero-order valence-electron chi connectivity index (χ0n) is 14.1. The molecule has 6 nitrogen and oxygen atoms in total. The predicted molar refractivity (Wildman–Crippen MR) is 86.0 cm³/mol. The van der Waals surface area contributed by atoms with Crippen molar-refractivity contribution in [3.8, 4) is 17.2 Å². The molecular formula is C17H22O6. The van der Waals surface area contributed by atoms with Gasteiger partial charge in [0.2, 0.25) is 5.75 Å². The van der Waals surface area contributed by atoms with Crippen LogP contribution >= 0.6 is 0 Å². The molecule has 0 atom stereocenters. The maximum Gasteiger partial charge on any atom is 0.334 e. The minimum Gasteiger partial charge on any atom is -0.493 e. The lowest BCUT2D eigenvalue weighted by Crippen LogP contribution is -2.10. The van der Waals surface area contributed by atoms with Crippen LogP contribution < -0.4 is 14.2 Å². The Morgan fingerprint density at radius 3 is 2.00 bits per heavy atom. The van der Waals surface area contributed by atoms with Gasteiger partial charge in [-0.15, -0.1) is 0 Å². The van der Waals surface area contributed by atoms with Gasteiger partial charge in [0.15, 0.2) is 11.5 Å². The van der Waals surface area contributed by atoms with E-state index >= 15 is 0 Å². The lowest BCUT2D eigenvalue weighted by molar-refractivity contribution is -0.139. The average Bonchev–Trinajstić information content (AvgIpc) is 2.52. The summed E-state index contributed by atoms with van der Waals surface area (Å²) in [5, 5.41) is 0. The van der Waals surface area contributed by atoms with Crippen LogP contribution in [0.2, 0.25) is 0 Å². The predicted octanol–water partition coefficient (Wildman–Crippen LogP) is 2.64. The molecule has 0 heterocycles. The summed E-state index contributed by atoms with van der Waals surface area (Å²) in [5.74, 6) is 0.734. The van der Waals surface area contributed by atoms with E-state index in [-0.39, 0.29) is 24.4 Å². The summed E-state index contributed by atoms with van der Waals surface area (Å²) < 4.78 is 20.8. The number of hydrogen-bond acceptors (Lipinski definition) is 6. The number of esters is 1. The smallest absolute Gasteiger partial charge is 0.334 e. The minimum absolute atomic E-state index is 0.00447. The summed E-state index contributed by atoms with van der Waals surface area (Å²) >= 11 is 0. The molecule has 126 valence electrons. The number of rotatable bonds is 8. The second-order valence-electron chi connectivity index (χ2n) is 4.73. The van der Waals surface area contributed by atoms with Crippen molar-refractivity contribution in [2.24, 2.45) is 0 Å². The largest absolute Gasteiger partial charge is 0.493 e. The maximum atomic E-state index is 12.0. The van der Waals surface area contributed by atoms with Crippen LogP contribution in [0.4, 0.5) is 0 Å². The molecule has 0 aliphatic heterocycles. The fourth-order valence-corrected chi connectivity index (χ4v) is 2.06. The Hall–Kier alpha value is -2.50. The molecule has 0 saturated carbocycles. The summed E-state index contributed by atoms with van der Waals surface area (Å²) in [7, 11) is 4.52. The third kappa shape index (κ3) is 5.02. The Bertz CT molecular complexity index is 578. The molecule has 0 amide bonds.